The van der Waals surface area contributed by atoms with Crippen LogP contribution in [0.25, 0.3) is 0 Å². The maximum Gasteiger partial charge on any atom is 0.126 e. The van der Waals surface area contributed by atoms with Crippen molar-refractivity contribution in [1.29, 1.82) is 0 Å². The first-order chi connectivity index (χ1) is 7.25. The van der Waals surface area contributed by atoms with Gasteiger partial charge in [-0.15, -0.1) is 0 Å². The molecular formula is C13H15NO. The normalized spacial score (nSPS) is 12.4. The minimum Gasteiger partial charge on any atom is -0.464 e. The van der Waals surface area contributed by atoms with Gasteiger partial charge in [0.1, 0.15) is 11.5 Å². The number of nitrogens with one attached hydrogen (secondary N) is 1. The molecular weight excluding hydrogens is 186 g/mol. The Morgan fingerprint density at radius 3 is 2.40 bits per heavy atom. The summed E-state index contributed by atoms with van der Waals surface area (Å²) in [5, 5.41) is 3.38. The molecule has 15 heavy (non-hydrogen) atoms. The molecule has 0 radical (unpaired) electrons. The summed E-state index contributed by atoms with van der Waals surface area (Å²) in [7, 11) is 0. The van der Waals surface area contributed by atoms with E-state index >= 15 is 0 Å². The quantitative estimate of drug-likeness (QED) is 0.817. The van der Waals surface area contributed by atoms with Gasteiger partial charge in [-0.25, -0.2) is 0 Å². The average Bonchev–Trinajstić information content (AvgIpc) is 2.66. The van der Waals surface area contributed by atoms with Crippen molar-refractivity contribution in [3.8, 4) is 0 Å². The second kappa shape index (κ2) is 4.22. The van der Waals surface area contributed by atoms with Crippen LogP contribution in [0.2, 0.25) is 0 Å². The molecule has 0 saturated carbocycles. The monoisotopic (exact) mass is 201 g/mol. The molecule has 0 amide bonds. The number of furan rings is 1. The van der Waals surface area contributed by atoms with Gasteiger partial charge in [0.15, 0.2) is 0 Å². The lowest BCUT2D eigenvalue weighted by molar-refractivity contribution is 0.467. The van der Waals surface area contributed by atoms with E-state index in [1.165, 1.54) is 0 Å². The first kappa shape index (κ1) is 9.84. The summed E-state index contributed by atoms with van der Waals surface area (Å²) in [5.74, 6) is 1.92. The van der Waals surface area contributed by atoms with E-state index in [-0.39, 0.29) is 6.04 Å². The van der Waals surface area contributed by atoms with Crippen LogP contribution in [0.5, 0.6) is 0 Å². The maximum atomic E-state index is 5.55. The van der Waals surface area contributed by atoms with E-state index in [0.717, 1.165) is 17.2 Å². The highest BCUT2D eigenvalue weighted by Gasteiger charge is 2.08. The van der Waals surface area contributed by atoms with Crippen molar-refractivity contribution in [2.75, 3.05) is 5.32 Å². The summed E-state index contributed by atoms with van der Waals surface area (Å²) in [4.78, 5) is 0. The lowest BCUT2D eigenvalue weighted by Gasteiger charge is -2.12. The number of aryl methyl sites for hydroxylation is 1. The van der Waals surface area contributed by atoms with E-state index in [4.69, 9.17) is 4.42 Å². The smallest absolute Gasteiger partial charge is 0.126 e. The topological polar surface area (TPSA) is 25.2 Å². The van der Waals surface area contributed by atoms with Crippen molar-refractivity contribution in [1.82, 2.24) is 0 Å². The first-order valence-corrected chi connectivity index (χ1v) is 5.13. The third-order valence-electron chi connectivity index (χ3n) is 2.34. The van der Waals surface area contributed by atoms with Crippen molar-refractivity contribution in [3.63, 3.8) is 0 Å². The van der Waals surface area contributed by atoms with Gasteiger partial charge in [0.25, 0.3) is 0 Å². The highest BCUT2D eigenvalue weighted by atomic mass is 16.3. The Morgan fingerprint density at radius 1 is 1.07 bits per heavy atom. The van der Waals surface area contributed by atoms with Crippen LogP contribution in [-0.2, 0) is 0 Å². The Kier molecular flexibility index (Phi) is 2.77. The van der Waals surface area contributed by atoms with Crippen molar-refractivity contribution < 1.29 is 4.42 Å². The Bertz CT molecular complexity index is 419. The first-order valence-electron chi connectivity index (χ1n) is 5.13. The van der Waals surface area contributed by atoms with Crippen molar-refractivity contribution in [2.24, 2.45) is 0 Å². The summed E-state index contributed by atoms with van der Waals surface area (Å²) in [6, 6.07) is 14.3. The minimum absolute atomic E-state index is 0.195. The summed E-state index contributed by atoms with van der Waals surface area (Å²) < 4.78 is 5.55. The van der Waals surface area contributed by atoms with Gasteiger partial charge in [0.05, 0.1) is 6.04 Å². The Hall–Kier alpha value is -1.70. The molecule has 0 saturated heterocycles. The van der Waals surface area contributed by atoms with E-state index in [9.17, 15) is 0 Å². The van der Waals surface area contributed by atoms with Crippen LogP contribution in [0, 0.1) is 6.92 Å². The Morgan fingerprint density at radius 2 is 1.80 bits per heavy atom. The van der Waals surface area contributed by atoms with Gasteiger partial charge in [0.2, 0.25) is 0 Å². The molecule has 1 N–H and O–H groups in total. The molecule has 0 aliphatic rings. The summed E-state index contributed by atoms with van der Waals surface area (Å²) in [5.41, 5.74) is 1.11. The van der Waals surface area contributed by atoms with Crippen molar-refractivity contribution >= 4 is 5.69 Å². The zero-order chi connectivity index (χ0) is 10.7. The highest BCUT2D eigenvalue weighted by molar-refractivity contribution is 5.44. The molecule has 78 valence electrons. The number of hydrogen-bond donors (Lipinski definition) is 1. The van der Waals surface area contributed by atoms with Crippen LogP contribution >= 0.6 is 0 Å². The molecule has 2 heteroatoms. The fourth-order valence-corrected chi connectivity index (χ4v) is 1.54. The molecule has 1 aromatic carbocycles. The van der Waals surface area contributed by atoms with Crippen LogP contribution in [0.1, 0.15) is 24.5 Å². The van der Waals surface area contributed by atoms with Gasteiger partial charge in [0, 0.05) is 5.69 Å². The van der Waals surface area contributed by atoms with E-state index in [1.807, 2.05) is 49.4 Å². The van der Waals surface area contributed by atoms with E-state index in [2.05, 4.69) is 12.2 Å². The molecule has 2 rings (SSSR count). The average molecular weight is 201 g/mol. The molecule has 0 aliphatic heterocycles. The van der Waals surface area contributed by atoms with Gasteiger partial charge in [-0.1, -0.05) is 18.2 Å². The van der Waals surface area contributed by atoms with Crippen molar-refractivity contribution in [3.05, 3.63) is 54.0 Å². The second-order valence-electron chi connectivity index (χ2n) is 3.68. The number of para-hydroxylation sites is 1. The second-order valence-corrected chi connectivity index (χ2v) is 3.68. The number of hydrogen-bond acceptors (Lipinski definition) is 2. The maximum absolute atomic E-state index is 5.55. The lowest BCUT2D eigenvalue weighted by atomic mass is 10.2. The van der Waals surface area contributed by atoms with Crippen LogP contribution in [0.3, 0.4) is 0 Å². The SMILES string of the molecule is Cc1ccc([C@H](C)Nc2ccccc2)o1. The molecule has 0 bridgehead atoms. The minimum atomic E-state index is 0.195. The predicted octanol–water partition coefficient (Wildman–Crippen LogP) is 3.76. The van der Waals surface area contributed by atoms with Crippen LogP contribution in [0.15, 0.2) is 46.9 Å². The number of benzene rings is 1. The van der Waals surface area contributed by atoms with Gasteiger partial charge in [-0.2, -0.15) is 0 Å². The van der Waals surface area contributed by atoms with Gasteiger partial charge >= 0.3 is 0 Å². The molecule has 1 aromatic heterocycles. The van der Waals surface area contributed by atoms with Gasteiger partial charge < -0.3 is 9.73 Å². The third-order valence-corrected chi connectivity index (χ3v) is 2.34. The molecule has 0 unspecified atom stereocenters. The van der Waals surface area contributed by atoms with Crippen molar-refractivity contribution in [2.45, 2.75) is 19.9 Å². The van der Waals surface area contributed by atoms with E-state index in [0.29, 0.717) is 0 Å². The van der Waals surface area contributed by atoms with E-state index in [1.54, 1.807) is 0 Å². The fourth-order valence-electron chi connectivity index (χ4n) is 1.54. The zero-order valence-electron chi connectivity index (χ0n) is 9.03. The zero-order valence-corrected chi connectivity index (χ0v) is 9.03. The fraction of sp³-hybridized carbons (Fsp3) is 0.231. The predicted molar refractivity (Wildman–Crippen MR) is 61.9 cm³/mol. The molecule has 0 aliphatic carbocycles. The molecule has 2 aromatic rings. The van der Waals surface area contributed by atoms with Crippen LogP contribution in [-0.4, -0.2) is 0 Å². The number of anilines is 1. The highest BCUT2D eigenvalue weighted by Crippen LogP contribution is 2.20. The summed E-state index contributed by atoms with van der Waals surface area (Å²) in [6.45, 7) is 4.05. The van der Waals surface area contributed by atoms with Gasteiger partial charge in [-0.05, 0) is 38.1 Å². The molecule has 0 spiro atoms. The van der Waals surface area contributed by atoms with Crippen LogP contribution in [0.4, 0.5) is 5.69 Å². The molecule has 1 atom stereocenters. The molecule has 1 heterocycles. The summed E-state index contributed by atoms with van der Waals surface area (Å²) in [6.07, 6.45) is 0. The van der Waals surface area contributed by atoms with Crippen LogP contribution < -0.4 is 5.32 Å². The standard InChI is InChI=1S/C13H15NO/c1-10-8-9-13(15-10)11(2)14-12-6-4-3-5-7-12/h3-9,11,14H,1-2H3/t11-/m0/s1. The third kappa shape index (κ3) is 2.40. The Labute approximate surface area is 89.9 Å². The lowest BCUT2D eigenvalue weighted by Crippen LogP contribution is -2.04. The summed E-state index contributed by atoms with van der Waals surface area (Å²) >= 11 is 0. The van der Waals surface area contributed by atoms with Gasteiger partial charge in [-0.3, -0.25) is 0 Å². The number of rotatable bonds is 3. The Balaban J connectivity index is 2.07. The molecule has 0 fully saturated rings. The van der Waals surface area contributed by atoms with E-state index < -0.39 is 0 Å². The molecule has 2 nitrogen and oxygen atoms in total. The largest absolute Gasteiger partial charge is 0.464 e.